The lowest BCUT2D eigenvalue weighted by molar-refractivity contribution is 0.194. The number of unbranched alkanes of at least 4 members (excludes halogenated alkanes) is 13. The van der Waals surface area contributed by atoms with Gasteiger partial charge in [0.1, 0.15) is 0 Å². The Morgan fingerprint density at radius 3 is 1.71 bits per heavy atom. The molecule has 0 aromatic carbocycles. The van der Waals surface area contributed by atoms with Gasteiger partial charge in [-0.15, -0.1) is 0 Å². The van der Waals surface area contributed by atoms with Crippen LogP contribution < -0.4 is 5.73 Å². The van der Waals surface area contributed by atoms with Gasteiger partial charge in [0.2, 0.25) is 0 Å². The molecule has 0 heterocycles. The van der Waals surface area contributed by atoms with Gasteiger partial charge in [-0.1, -0.05) is 90.4 Å². The molecule has 28 heavy (non-hydrogen) atoms. The molecule has 0 aliphatic carbocycles. The molecule has 7 heteroatoms. The second-order valence-electron chi connectivity index (χ2n) is 7.78. The van der Waals surface area contributed by atoms with Gasteiger partial charge in [-0.3, -0.25) is 4.52 Å². The number of phosphoric acid groups is 1. The van der Waals surface area contributed by atoms with E-state index in [1.54, 1.807) is 0 Å². The zero-order valence-corrected chi connectivity index (χ0v) is 19.9. The average molecular weight is 440 g/mol. The first kappa shape index (κ1) is 28.4. The minimum atomic E-state index is -4.34. The standard InChI is InChI=1S/C21H46NO4PS/c1-2-3-4-5-6-7-8-9-10-11-12-13-14-15-20-28-21(16-18-22)17-19-26-27(23,24)25/h21H,2-20,22H2,1H3,(H2,23,24,25). The molecule has 1 atom stereocenters. The van der Waals surface area contributed by atoms with Crippen LogP contribution in [0.4, 0.5) is 0 Å². The third-order valence-electron chi connectivity index (χ3n) is 5.04. The summed E-state index contributed by atoms with van der Waals surface area (Å²) in [6.07, 6.45) is 20.7. The third-order valence-corrected chi connectivity index (χ3v) is 7.03. The van der Waals surface area contributed by atoms with E-state index in [9.17, 15) is 4.57 Å². The molecule has 0 saturated heterocycles. The zero-order valence-electron chi connectivity index (χ0n) is 18.2. The van der Waals surface area contributed by atoms with Crippen LogP contribution >= 0.6 is 19.6 Å². The quantitative estimate of drug-likeness (QED) is 0.133. The molecule has 0 amide bonds. The predicted molar refractivity (Wildman–Crippen MR) is 123 cm³/mol. The van der Waals surface area contributed by atoms with Gasteiger partial charge in [-0.05, 0) is 31.6 Å². The van der Waals surface area contributed by atoms with Crippen LogP contribution in [-0.4, -0.2) is 33.9 Å². The molecule has 0 aliphatic rings. The van der Waals surface area contributed by atoms with E-state index in [4.69, 9.17) is 15.5 Å². The zero-order chi connectivity index (χ0) is 20.9. The predicted octanol–water partition coefficient (Wildman–Crippen LogP) is 6.42. The molecule has 0 bridgehead atoms. The van der Waals surface area contributed by atoms with Crippen LogP contribution in [0, 0.1) is 0 Å². The van der Waals surface area contributed by atoms with Crippen LogP contribution in [-0.2, 0) is 9.09 Å². The number of rotatable bonds is 22. The molecule has 4 N–H and O–H groups in total. The summed E-state index contributed by atoms with van der Waals surface area (Å²) < 4.78 is 15.3. The van der Waals surface area contributed by atoms with Crippen molar-refractivity contribution in [2.75, 3.05) is 18.9 Å². The van der Waals surface area contributed by atoms with Crippen molar-refractivity contribution in [3.8, 4) is 0 Å². The van der Waals surface area contributed by atoms with Crippen LogP contribution in [0.15, 0.2) is 0 Å². The molecule has 0 spiro atoms. The second-order valence-corrected chi connectivity index (χ2v) is 10.4. The molecule has 0 aromatic heterocycles. The van der Waals surface area contributed by atoms with Gasteiger partial charge in [0.15, 0.2) is 0 Å². The highest BCUT2D eigenvalue weighted by Gasteiger charge is 2.15. The molecule has 0 aliphatic heterocycles. The van der Waals surface area contributed by atoms with Gasteiger partial charge in [0, 0.05) is 5.25 Å². The van der Waals surface area contributed by atoms with Gasteiger partial charge in [-0.25, -0.2) is 4.57 Å². The second kappa shape index (κ2) is 20.7. The van der Waals surface area contributed by atoms with Gasteiger partial charge in [0.05, 0.1) is 6.61 Å². The Bertz CT molecular complexity index is 368. The molecule has 0 aromatic rings. The molecule has 5 nitrogen and oxygen atoms in total. The Hall–Kier alpha value is 0.420. The fourth-order valence-corrected chi connectivity index (χ4v) is 4.96. The summed E-state index contributed by atoms with van der Waals surface area (Å²) in [4.78, 5) is 17.5. The molecule has 170 valence electrons. The fourth-order valence-electron chi connectivity index (χ4n) is 3.35. The molecule has 1 unspecified atom stereocenters. The van der Waals surface area contributed by atoms with E-state index in [1.165, 1.54) is 89.9 Å². The van der Waals surface area contributed by atoms with Gasteiger partial charge < -0.3 is 15.5 Å². The average Bonchev–Trinajstić information content (AvgIpc) is 2.63. The summed E-state index contributed by atoms with van der Waals surface area (Å²) in [6, 6.07) is 0. The minimum absolute atomic E-state index is 0.0979. The van der Waals surface area contributed by atoms with Crippen LogP contribution in [0.3, 0.4) is 0 Å². The third kappa shape index (κ3) is 22.7. The monoisotopic (exact) mass is 439 g/mol. The van der Waals surface area contributed by atoms with Crippen molar-refractivity contribution in [2.24, 2.45) is 5.73 Å². The first-order valence-electron chi connectivity index (χ1n) is 11.5. The summed E-state index contributed by atoms with van der Waals surface area (Å²) in [6.45, 7) is 2.97. The van der Waals surface area contributed by atoms with E-state index < -0.39 is 7.82 Å². The summed E-state index contributed by atoms with van der Waals surface area (Å²) in [5, 5.41) is 0.332. The highest BCUT2D eigenvalue weighted by molar-refractivity contribution is 7.99. The maximum Gasteiger partial charge on any atom is 0.469 e. The first-order chi connectivity index (χ1) is 13.5. The van der Waals surface area contributed by atoms with Crippen molar-refractivity contribution in [3.05, 3.63) is 0 Å². The molecule has 0 radical (unpaired) electrons. The minimum Gasteiger partial charge on any atom is -0.330 e. The van der Waals surface area contributed by atoms with Crippen LogP contribution in [0.2, 0.25) is 0 Å². The van der Waals surface area contributed by atoms with Crippen molar-refractivity contribution in [3.63, 3.8) is 0 Å². The van der Waals surface area contributed by atoms with Crippen molar-refractivity contribution >= 4 is 19.6 Å². The smallest absolute Gasteiger partial charge is 0.330 e. The highest BCUT2D eigenvalue weighted by Crippen LogP contribution is 2.36. The molecular formula is C21H46NO4PS. The summed E-state index contributed by atoms with van der Waals surface area (Å²) in [7, 11) is -4.34. The fraction of sp³-hybridized carbons (Fsp3) is 1.00. The Morgan fingerprint density at radius 1 is 0.821 bits per heavy atom. The van der Waals surface area contributed by atoms with Gasteiger partial charge >= 0.3 is 7.82 Å². The van der Waals surface area contributed by atoms with E-state index in [1.807, 2.05) is 11.8 Å². The Balaban J connectivity index is 3.38. The topological polar surface area (TPSA) is 92.8 Å². The maximum atomic E-state index is 10.7. The van der Waals surface area contributed by atoms with Gasteiger partial charge in [-0.2, -0.15) is 11.8 Å². The normalized spacial score (nSPS) is 13.1. The highest BCUT2D eigenvalue weighted by atomic mass is 32.2. The number of hydrogen-bond acceptors (Lipinski definition) is 4. The van der Waals surface area contributed by atoms with E-state index >= 15 is 0 Å². The molecular weight excluding hydrogens is 393 g/mol. The van der Waals surface area contributed by atoms with E-state index in [0.29, 0.717) is 18.2 Å². The van der Waals surface area contributed by atoms with E-state index in [-0.39, 0.29) is 6.61 Å². The van der Waals surface area contributed by atoms with Crippen molar-refractivity contribution in [2.45, 2.75) is 115 Å². The lowest BCUT2D eigenvalue weighted by atomic mass is 10.0. The Labute approximate surface area is 178 Å². The number of thioether (sulfide) groups is 1. The van der Waals surface area contributed by atoms with Crippen molar-refractivity contribution in [1.82, 2.24) is 0 Å². The molecule has 0 saturated carbocycles. The Morgan fingerprint density at radius 2 is 1.29 bits per heavy atom. The lowest BCUT2D eigenvalue weighted by Gasteiger charge is -2.16. The number of phosphoric ester groups is 1. The number of nitrogens with two attached hydrogens (primary N) is 1. The summed E-state index contributed by atoms with van der Waals surface area (Å²) in [5.74, 6) is 1.10. The maximum absolute atomic E-state index is 10.7. The first-order valence-corrected chi connectivity index (χ1v) is 14.1. The summed E-state index contributed by atoms with van der Waals surface area (Å²) >= 11 is 1.87. The molecule has 0 rings (SSSR count). The number of hydrogen-bond donors (Lipinski definition) is 3. The summed E-state index contributed by atoms with van der Waals surface area (Å²) in [5.41, 5.74) is 5.64. The lowest BCUT2D eigenvalue weighted by Crippen LogP contribution is -2.13. The van der Waals surface area contributed by atoms with Crippen molar-refractivity contribution in [1.29, 1.82) is 0 Å². The van der Waals surface area contributed by atoms with E-state index in [2.05, 4.69) is 11.4 Å². The van der Waals surface area contributed by atoms with Crippen molar-refractivity contribution < 1.29 is 18.9 Å². The van der Waals surface area contributed by atoms with Crippen LogP contribution in [0.1, 0.15) is 110 Å². The van der Waals surface area contributed by atoms with E-state index in [0.717, 1.165) is 12.2 Å². The van der Waals surface area contributed by atoms with Crippen LogP contribution in [0.25, 0.3) is 0 Å². The van der Waals surface area contributed by atoms with Crippen LogP contribution in [0.5, 0.6) is 0 Å². The largest absolute Gasteiger partial charge is 0.469 e. The molecule has 0 fully saturated rings. The van der Waals surface area contributed by atoms with Gasteiger partial charge in [0.25, 0.3) is 0 Å². The SMILES string of the molecule is CCCCCCCCCCCCCCCCSC(CCN)CCOP(=O)(O)O. The Kier molecular flexibility index (Phi) is 21.0.